The predicted molar refractivity (Wildman–Crippen MR) is 142 cm³/mol. The molecule has 2 saturated heterocycles. The third-order valence-electron chi connectivity index (χ3n) is 7.47. The molecule has 0 aliphatic carbocycles. The summed E-state index contributed by atoms with van der Waals surface area (Å²) in [5.74, 6) is -0.395. The number of sulfonamides is 1. The van der Waals surface area contributed by atoms with E-state index in [4.69, 9.17) is 29.8 Å². The first-order valence-electron chi connectivity index (χ1n) is 12.1. The number of fused-ring (bicyclic) bond motifs is 1. The van der Waals surface area contributed by atoms with Crippen molar-refractivity contribution < 1.29 is 37.3 Å². The lowest BCUT2D eigenvalue weighted by Gasteiger charge is -2.32. The molecule has 0 bridgehead atoms. The minimum atomic E-state index is -3.33. The van der Waals surface area contributed by atoms with Gasteiger partial charge in [0, 0.05) is 31.8 Å². The summed E-state index contributed by atoms with van der Waals surface area (Å²) in [7, 11) is -2.46. The molecule has 3 heterocycles. The third kappa shape index (κ3) is 6.22. The number of methoxy groups -OCH3 is 1. The molecule has 1 aromatic carbocycles. The fourth-order valence-electron chi connectivity index (χ4n) is 4.69. The lowest BCUT2D eigenvalue weighted by Crippen LogP contribution is -2.41. The summed E-state index contributed by atoms with van der Waals surface area (Å²) in [4.78, 5) is 15.5. The minimum Gasteiger partial charge on any atom is -0.429 e. The first-order valence-corrected chi connectivity index (χ1v) is 13.8. The Kier molecular flexibility index (Phi) is 9.16. The highest BCUT2D eigenvalue weighted by Crippen LogP contribution is 2.38. The molecule has 0 atom stereocenters. The number of carbonyl (C=O) groups is 1. The maximum Gasteiger partial charge on any atom is 0.494 e. The van der Waals surface area contributed by atoms with Gasteiger partial charge in [0.25, 0.3) is 5.91 Å². The summed E-state index contributed by atoms with van der Waals surface area (Å²) in [6, 6.07) is 3.73. The zero-order valence-electron chi connectivity index (χ0n) is 22.0. The zero-order valence-corrected chi connectivity index (χ0v) is 22.8. The van der Waals surface area contributed by atoms with Gasteiger partial charge in [-0.15, -0.1) is 0 Å². The van der Waals surface area contributed by atoms with E-state index in [9.17, 15) is 13.2 Å². The standard InChI is InChI=1S/C23H34BN3O6S.BH2O2/c1-22(2)23(3,4)33-24(32-22)16-12-17-19(14-26-20(17)18(13-16)21(25)28)15-6-8-27(9-7-15)34(29,30)11-10-31-5;2-1-3/h12-15,26H,6-11H2,1-5H3,(H2,25,28);2-3H. The van der Waals surface area contributed by atoms with Crippen LogP contribution in [0.25, 0.3) is 10.9 Å². The van der Waals surface area contributed by atoms with Crippen LogP contribution in [-0.2, 0) is 24.1 Å². The molecular formula is C23H36B2N3O8S. The van der Waals surface area contributed by atoms with E-state index in [1.807, 2.05) is 40.0 Å². The number of rotatable bonds is 7. The fourth-order valence-corrected chi connectivity index (χ4v) is 6.09. The summed E-state index contributed by atoms with van der Waals surface area (Å²) in [5.41, 5.74) is 7.54. The average Bonchev–Trinajstić information content (AvgIpc) is 3.34. The van der Waals surface area contributed by atoms with Crippen molar-refractivity contribution in [3.05, 3.63) is 29.5 Å². The Morgan fingerprint density at radius 1 is 1.22 bits per heavy atom. The lowest BCUT2D eigenvalue weighted by atomic mass is 9.76. The highest BCUT2D eigenvalue weighted by atomic mass is 32.2. The maximum atomic E-state index is 12.5. The van der Waals surface area contributed by atoms with E-state index < -0.39 is 34.3 Å². The number of nitrogens with one attached hydrogen (secondary N) is 1. The molecule has 2 aliphatic heterocycles. The average molecular weight is 536 g/mol. The van der Waals surface area contributed by atoms with E-state index in [1.54, 1.807) is 10.4 Å². The van der Waals surface area contributed by atoms with Gasteiger partial charge in [-0.1, -0.05) is 6.07 Å². The van der Waals surface area contributed by atoms with Crippen LogP contribution in [0.15, 0.2) is 18.3 Å². The van der Waals surface area contributed by atoms with Crippen molar-refractivity contribution in [3.8, 4) is 0 Å². The molecule has 1 aromatic heterocycles. The number of piperidine rings is 1. The number of nitrogens with two attached hydrogens (primary N) is 1. The number of ether oxygens (including phenoxy) is 1. The Labute approximate surface area is 219 Å². The van der Waals surface area contributed by atoms with Crippen LogP contribution < -0.4 is 11.2 Å². The number of benzene rings is 1. The summed E-state index contributed by atoms with van der Waals surface area (Å²) < 4.78 is 44.0. The van der Waals surface area contributed by atoms with Crippen molar-refractivity contribution in [1.82, 2.24) is 9.29 Å². The highest BCUT2D eigenvalue weighted by molar-refractivity contribution is 7.89. The largest absolute Gasteiger partial charge is 0.494 e. The number of primary amides is 1. The highest BCUT2D eigenvalue weighted by Gasteiger charge is 2.52. The molecule has 11 nitrogen and oxygen atoms in total. The molecule has 0 saturated carbocycles. The van der Waals surface area contributed by atoms with Crippen molar-refractivity contribution >= 4 is 47.1 Å². The maximum absolute atomic E-state index is 12.5. The second-order valence-electron chi connectivity index (χ2n) is 10.3. The van der Waals surface area contributed by atoms with Gasteiger partial charge in [0.1, 0.15) is 0 Å². The van der Waals surface area contributed by atoms with Crippen molar-refractivity contribution in [1.29, 1.82) is 0 Å². The van der Waals surface area contributed by atoms with Gasteiger partial charge < -0.3 is 34.8 Å². The van der Waals surface area contributed by atoms with Gasteiger partial charge in [-0.2, -0.15) is 0 Å². The Morgan fingerprint density at radius 3 is 2.30 bits per heavy atom. The number of carbonyl (C=O) groups excluding carboxylic acids is 1. The molecule has 14 heteroatoms. The Morgan fingerprint density at radius 2 is 1.78 bits per heavy atom. The van der Waals surface area contributed by atoms with Crippen LogP contribution in [0.2, 0.25) is 0 Å². The van der Waals surface area contributed by atoms with Crippen molar-refractivity contribution in [2.75, 3.05) is 32.6 Å². The predicted octanol–water partition coefficient (Wildman–Crippen LogP) is 0.227. The Bertz CT molecular complexity index is 1190. The van der Waals surface area contributed by atoms with Gasteiger partial charge in [-0.25, -0.2) is 12.7 Å². The molecule has 2 aromatic rings. The number of nitrogens with zero attached hydrogens (tertiary/aromatic N) is 1. The first-order chi connectivity index (χ1) is 17.3. The summed E-state index contributed by atoms with van der Waals surface area (Å²) in [5, 5.41) is 14.9. The Balaban J connectivity index is 0.00000121. The topological polar surface area (TPSA) is 164 Å². The normalized spacial score (nSPS) is 20.0. The molecule has 37 heavy (non-hydrogen) atoms. The van der Waals surface area contributed by atoms with Gasteiger partial charge in [0.15, 0.2) is 0 Å². The van der Waals surface area contributed by atoms with Crippen molar-refractivity contribution in [2.24, 2.45) is 5.73 Å². The van der Waals surface area contributed by atoms with E-state index in [0.29, 0.717) is 37.0 Å². The second kappa shape index (κ2) is 11.4. The SMILES string of the molecule is COCCS(=O)(=O)N1CCC(c2c[nH]c3c(C(N)=O)cc(B4OC(C)(C)C(C)(C)O4)cc23)CC1.O[B]O. The third-order valence-corrected chi connectivity index (χ3v) is 9.30. The quantitative estimate of drug-likeness (QED) is 0.366. The smallest absolute Gasteiger partial charge is 0.429 e. The number of aromatic nitrogens is 1. The second-order valence-corrected chi connectivity index (χ2v) is 12.4. The Hall–Kier alpha value is -1.93. The zero-order chi connectivity index (χ0) is 27.6. The fraction of sp³-hybridized carbons (Fsp3) is 0.609. The molecule has 203 valence electrons. The molecule has 5 N–H and O–H groups in total. The molecule has 2 aliphatic rings. The summed E-state index contributed by atoms with van der Waals surface area (Å²) in [6.45, 7) is 9.01. The first kappa shape index (κ1) is 29.6. The van der Waals surface area contributed by atoms with E-state index in [0.717, 1.165) is 16.4 Å². The van der Waals surface area contributed by atoms with Crippen molar-refractivity contribution in [2.45, 2.75) is 57.7 Å². The molecule has 0 unspecified atom stereocenters. The molecule has 2 fully saturated rings. The van der Waals surface area contributed by atoms with Crippen LogP contribution in [0, 0.1) is 0 Å². The van der Waals surface area contributed by atoms with E-state index >= 15 is 0 Å². The van der Waals surface area contributed by atoms with Gasteiger partial charge in [0.05, 0.1) is 34.6 Å². The van der Waals surface area contributed by atoms with Crippen LogP contribution in [0.1, 0.15) is 62.4 Å². The van der Waals surface area contributed by atoms with Gasteiger partial charge >= 0.3 is 14.8 Å². The van der Waals surface area contributed by atoms with Crippen LogP contribution in [0.4, 0.5) is 0 Å². The summed E-state index contributed by atoms with van der Waals surface area (Å²) >= 11 is 0. The van der Waals surface area contributed by atoms with Gasteiger partial charge in [0.2, 0.25) is 10.0 Å². The number of aromatic amines is 1. The lowest BCUT2D eigenvalue weighted by molar-refractivity contribution is 0.00578. The number of amides is 1. The minimum absolute atomic E-state index is 0. The van der Waals surface area contributed by atoms with Gasteiger partial charge in [-0.3, -0.25) is 4.79 Å². The van der Waals surface area contributed by atoms with Crippen LogP contribution in [0.5, 0.6) is 0 Å². The van der Waals surface area contributed by atoms with Crippen LogP contribution in [-0.4, -0.2) is 92.2 Å². The molecule has 4 rings (SSSR count). The van der Waals surface area contributed by atoms with Crippen LogP contribution >= 0.6 is 0 Å². The molecule has 0 spiro atoms. The van der Waals surface area contributed by atoms with E-state index in [2.05, 4.69) is 4.98 Å². The number of hydrogen-bond donors (Lipinski definition) is 4. The van der Waals surface area contributed by atoms with Crippen LogP contribution in [0.3, 0.4) is 0 Å². The number of hydrogen-bond acceptors (Lipinski definition) is 8. The molecular weight excluding hydrogens is 500 g/mol. The molecule has 1 amide bonds. The number of H-pyrrole nitrogens is 1. The summed E-state index contributed by atoms with van der Waals surface area (Å²) in [6.07, 6.45) is 3.28. The van der Waals surface area contributed by atoms with Gasteiger partial charge in [-0.05, 0) is 63.5 Å². The van der Waals surface area contributed by atoms with Crippen molar-refractivity contribution in [3.63, 3.8) is 0 Å². The molecule has 1 radical (unpaired) electrons. The van der Waals surface area contributed by atoms with E-state index in [1.165, 1.54) is 7.11 Å². The monoisotopic (exact) mass is 536 g/mol. The van der Waals surface area contributed by atoms with E-state index in [-0.39, 0.29) is 26.0 Å².